The summed E-state index contributed by atoms with van der Waals surface area (Å²) in [6.07, 6.45) is -3.00. The molecular weight excluding hydrogens is 443 g/mol. The predicted molar refractivity (Wildman–Crippen MR) is 112 cm³/mol. The molecule has 2 aromatic carbocycles. The number of hydrogen-bond acceptors (Lipinski definition) is 3. The van der Waals surface area contributed by atoms with E-state index in [9.17, 15) is 26.7 Å². The number of carbonyl (C=O) groups excluding carboxylic acids is 1. The number of amides is 1. The lowest BCUT2D eigenvalue weighted by molar-refractivity contribution is -0.173. The number of alkyl halides is 3. The highest BCUT2D eigenvalue weighted by molar-refractivity contribution is 5.98. The summed E-state index contributed by atoms with van der Waals surface area (Å²) < 4.78 is 69.2. The molecule has 0 aliphatic carbocycles. The number of nitrogens with zero attached hydrogens (tertiary/aromatic N) is 2. The molecule has 3 aromatic rings. The van der Waals surface area contributed by atoms with Gasteiger partial charge in [0.15, 0.2) is 6.04 Å². The fraction of sp³-hybridized carbons (Fsp3) is 0.304. The Kier molecular flexibility index (Phi) is 6.09. The van der Waals surface area contributed by atoms with E-state index in [1.54, 1.807) is 12.1 Å². The highest BCUT2D eigenvalue weighted by Crippen LogP contribution is 2.44. The summed E-state index contributed by atoms with van der Waals surface area (Å²) in [7, 11) is 0. The fourth-order valence-corrected chi connectivity index (χ4v) is 3.87. The molecule has 174 valence electrons. The second-order valence-corrected chi connectivity index (χ2v) is 7.86. The average molecular weight is 464 g/mol. The van der Waals surface area contributed by atoms with Crippen LogP contribution in [0.5, 0.6) is 0 Å². The number of fused-ring (bicyclic) bond motifs is 1. The first-order valence-corrected chi connectivity index (χ1v) is 10.4. The normalized spacial score (nSPS) is 17.9. The Morgan fingerprint density at radius 1 is 1.18 bits per heavy atom. The van der Waals surface area contributed by atoms with Gasteiger partial charge in [0.05, 0.1) is 12.2 Å². The Balaban J connectivity index is 1.60. The molecule has 1 aliphatic rings. The molecule has 0 fully saturated rings. The van der Waals surface area contributed by atoms with E-state index in [1.807, 2.05) is 19.1 Å². The van der Waals surface area contributed by atoms with Crippen molar-refractivity contribution in [3.63, 3.8) is 0 Å². The Morgan fingerprint density at radius 3 is 2.55 bits per heavy atom. The van der Waals surface area contributed by atoms with Crippen LogP contribution in [-0.2, 0) is 13.0 Å². The van der Waals surface area contributed by atoms with Gasteiger partial charge in [-0.3, -0.25) is 4.79 Å². The Labute approximate surface area is 186 Å². The zero-order valence-electron chi connectivity index (χ0n) is 17.6. The van der Waals surface area contributed by atoms with Gasteiger partial charge in [-0.2, -0.15) is 18.3 Å². The lowest BCUT2D eigenvalue weighted by atomic mass is 9.95. The van der Waals surface area contributed by atoms with E-state index < -0.39 is 35.8 Å². The van der Waals surface area contributed by atoms with Crippen molar-refractivity contribution in [2.24, 2.45) is 0 Å². The molecule has 0 saturated carbocycles. The predicted octanol–water partition coefficient (Wildman–Crippen LogP) is 5.31. The highest BCUT2D eigenvalue weighted by atomic mass is 19.4. The van der Waals surface area contributed by atoms with Gasteiger partial charge in [0.25, 0.3) is 5.91 Å². The van der Waals surface area contributed by atoms with Gasteiger partial charge >= 0.3 is 6.18 Å². The van der Waals surface area contributed by atoms with Crippen LogP contribution in [0.25, 0.3) is 0 Å². The molecule has 0 saturated heterocycles. The van der Waals surface area contributed by atoms with E-state index >= 15 is 0 Å². The van der Waals surface area contributed by atoms with Crippen LogP contribution in [-0.4, -0.2) is 21.9 Å². The van der Waals surface area contributed by atoms with Crippen molar-refractivity contribution in [1.29, 1.82) is 0 Å². The van der Waals surface area contributed by atoms with E-state index in [-0.39, 0.29) is 29.9 Å². The molecule has 5 nitrogen and oxygen atoms in total. The van der Waals surface area contributed by atoms with Gasteiger partial charge in [-0.15, -0.1) is 0 Å². The standard InChI is InChI=1S/C23H21F5N4O/c1-2-13-3-5-14(6-4-13)19-10-20(23(26,27)28)32-21(31-19)17(12-30-32)22(33)29-11-15-7-8-16(24)9-18(15)25/h3-9,12,19-20,31H,2,10-11H2,1H3,(H,29,33)/t19-,20+/m1/s1. The summed E-state index contributed by atoms with van der Waals surface area (Å²) in [5.41, 5.74) is 1.66. The molecule has 2 heterocycles. The van der Waals surface area contributed by atoms with Crippen molar-refractivity contribution in [1.82, 2.24) is 15.1 Å². The van der Waals surface area contributed by atoms with Crippen LogP contribution in [0.15, 0.2) is 48.7 Å². The monoisotopic (exact) mass is 464 g/mol. The van der Waals surface area contributed by atoms with Gasteiger partial charge in [-0.05, 0) is 23.6 Å². The minimum absolute atomic E-state index is 0.0424. The summed E-state index contributed by atoms with van der Waals surface area (Å²) in [5.74, 6) is -2.38. The topological polar surface area (TPSA) is 59.0 Å². The molecule has 0 spiro atoms. The summed E-state index contributed by atoms with van der Waals surface area (Å²) in [5, 5.41) is 9.29. The molecule has 1 aromatic heterocycles. The van der Waals surface area contributed by atoms with Crippen LogP contribution >= 0.6 is 0 Å². The molecule has 2 atom stereocenters. The van der Waals surface area contributed by atoms with Crippen LogP contribution in [0.3, 0.4) is 0 Å². The van der Waals surface area contributed by atoms with E-state index in [2.05, 4.69) is 15.7 Å². The number of aromatic nitrogens is 2. The Bertz CT molecular complexity index is 1160. The second kappa shape index (κ2) is 8.84. The van der Waals surface area contributed by atoms with Crippen molar-refractivity contribution in [3.05, 3.63) is 82.5 Å². The summed E-state index contributed by atoms with van der Waals surface area (Å²) in [6.45, 7) is 1.72. The number of aryl methyl sites for hydroxylation is 1. The third kappa shape index (κ3) is 4.69. The zero-order valence-corrected chi connectivity index (χ0v) is 17.6. The van der Waals surface area contributed by atoms with Crippen molar-refractivity contribution in [2.45, 2.75) is 44.6 Å². The number of hydrogen-bond donors (Lipinski definition) is 2. The first kappa shape index (κ1) is 22.8. The smallest absolute Gasteiger partial charge is 0.363 e. The van der Waals surface area contributed by atoms with Crippen LogP contribution in [0.4, 0.5) is 27.8 Å². The molecule has 4 rings (SSSR count). The number of benzene rings is 2. The summed E-state index contributed by atoms with van der Waals surface area (Å²) in [4.78, 5) is 12.7. The first-order valence-electron chi connectivity index (χ1n) is 10.4. The molecular formula is C23H21F5N4O. The molecule has 10 heteroatoms. The van der Waals surface area contributed by atoms with Gasteiger partial charge in [-0.1, -0.05) is 37.3 Å². The highest BCUT2D eigenvalue weighted by Gasteiger charge is 2.47. The Morgan fingerprint density at radius 2 is 1.91 bits per heavy atom. The molecule has 0 bridgehead atoms. The van der Waals surface area contributed by atoms with E-state index in [0.29, 0.717) is 11.6 Å². The minimum Gasteiger partial charge on any atom is -0.363 e. The lowest BCUT2D eigenvalue weighted by Gasteiger charge is -2.34. The average Bonchev–Trinajstić information content (AvgIpc) is 3.21. The van der Waals surface area contributed by atoms with E-state index in [0.717, 1.165) is 28.9 Å². The van der Waals surface area contributed by atoms with Crippen LogP contribution in [0, 0.1) is 11.6 Å². The van der Waals surface area contributed by atoms with Crippen molar-refractivity contribution in [3.8, 4) is 0 Å². The third-order valence-corrected chi connectivity index (χ3v) is 5.73. The molecule has 33 heavy (non-hydrogen) atoms. The zero-order chi connectivity index (χ0) is 23.8. The van der Waals surface area contributed by atoms with Gasteiger partial charge < -0.3 is 10.6 Å². The second-order valence-electron chi connectivity index (χ2n) is 7.86. The van der Waals surface area contributed by atoms with Crippen LogP contribution in [0.1, 0.15) is 52.5 Å². The summed E-state index contributed by atoms with van der Waals surface area (Å²) in [6, 6.07) is 7.58. The fourth-order valence-electron chi connectivity index (χ4n) is 3.87. The van der Waals surface area contributed by atoms with Gasteiger partial charge in [0.1, 0.15) is 23.0 Å². The van der Waals surface area contributed by atoms with Crippen molar-refractivity contribution >= 4 is 11.7 Å². The molecule has 0 radical (unpaired) electrons. The van der Waals surface area contributed by atoms with E-state index in [4.69, 9.17) is 0 Å². The number of nitrogens with one attached hydrogen (secondary N) is 2. The molecule has 0 unspecified atom stereocenters. The third-order valence-electron chi connectivity index (χ3n) is 5.73. The van der Waals surface area contributed by atoms with Gasteiger partial charge in [-0.25, -0.2) is 13.5 Å². The first-order chi connectivity index (χ1) is 15.7. The molecule has 1 aliphatic heterocycles. The van der Waals surface area contributed by atoms with E-state index in [1.165, 1.54) is 6.07 Å². The summed E-state index contributed by atoms with van der Waals surface area (Å²) >= 11 is 0. The number of anilines is 1. The van der Waals surface area contributed by atoms with Crippen LogP contribution in [0.2, 0.25) is 0 Å². The number of rotatable bonds is 5. The maximum absolute atomic E-state index is 13.8. The molecule has 2 N–H and O–H groups in total. The minimum atomic E-state index is -4.57. The van der Waals surface area contributed by atoms with Crippen molar-refractivity contribution < 1.29 is 26.7 Å². The maximum Gasteiger partial charge on any atom is 0.410 e. The van der Waals surface area contributed by atoms with Gasteiger partial charge in [0.2, 0.25) is 0 Å². The van der Waals surface area contributed by atoms with Crippen molar-refractivity contribution in [2.75, 3.05) is 5.32 Å². The van der Waals surface area contributed by atoms with Crippen LogP contribution < -0.4 is 10.6 Å². The largest absolute Gasteiger partial charge is 0.410 e. The maximum atomic E-state index is 13.8. The number of halogens is 5. The van der Waals surface area contributed by atoms with Gasteiger partial charge in [0, 0.05) is 24.6 Å². The number of carbonyl (C=O) groups is 1. The quantitative estimate of drug-likeness (QED) is 0.503. The molecule has 1 amide bonds. The Hall–Kier alpha value is -3.43. The lowest BCUT2D eigenvalue weighted by Crippen LogP contribution is -2.36. The SMILES string of the molecule is CCc1ccc([C@H]2C[C@@H](C(F)(F)F)n3ncc(C(=O)NCc4ccc(F)cc4F)c3N2)cc1.